The zero-order valence-corrected chi connectivity index (χ0v) is 14.3. The Bertz CT molecular complexity index is 143. The molecule has 2 nitrogen and oxygen atoms in total. The molecule has 0 aromatic heterocycles. The van der Waals surface area contributed by atoms with Crippen LogP contribution < -0.4 is 0 Å². The number of hydrogen-bond acceptors (Lipinski definition) is 1. The Hall–Kier alpha value is 0.613. The van der Waals surface area contributed by atoms with Crippen molar-refractivity contribution in [1.82, 2.24) is 0 Å². The van der Waals surface area contributed by atoms with Crippen molar-refractivity contribution >= 4 is 5.97 Å². The SMILES string of the molecule is CCCCCCCCCCCC(=O)O.[Cu+2].[Zn+2]. The fraction of sp³-hybridized carbons (Fsp3) is 0.917. The summed E-state index contributed by atoms with van der Waals surface area (Å²) in [5, 5.41) is 8.41. The predicted molar refractivity (Wildman–Crippen MR) is 59.5 cm³/mol. The fourth-order valence-electron chi connectivity index (χ4n) is 1.59. The van der Waals surface area contributed by atoms with E-state index in [1.54, 1.807) is 0 Å². The van der Waals surface area contributed by atoms with Crippen LogP contribution in [-0.2, 0) is 41.3 Å². The summed E-state index contributed by atoms with van der Waals surface area (Å²) in [6.07, 6.45) is 11.5. The molecule has 1 N–H and O–H groups in total. The molecule has 0 amide bonds. The van der Waals surface area contributed by atoms with Gasteiger partial charge in [-0.1, -0.05) is 58.3 Å². The number of aliphatic carboxylic acids is 1. The summed E-state index contributed by atoms with van der Waals surface area (Å²) < 4.78 is 0. The molecule has 16 heavy (non-hydrogen) atoms. The van der Waals surface area contributed by atoms with Crippen LogP contribution in [0.1, 0.15) is 71.1 Å². The van der Waals surface area contributed by atoms with Crippen LogP contribution in [0.2, 0.25) is 0 Å². The van der Waals surface area contributed by atoms with Crippen LogP contribution in [-0.4, -0.2) is 11.1 Å². The standard InChI is InChI=1S/C12H24O2.Cu.Zn/c1-2-3-4-5-6-7-8-9-10-11-12(13)14;;/h2-11H2,1H3,(H,13,14);;/q;2*+2. The van der Waals surface area contributed by atoms with Gasteiger partial charge in [-0.05, 0) is 6.42 Å². The molecular weight excluding hydrogens is 305 g/mol. The number of hydrogen-bond donors (Lipinski definition) is 1. The first-order chi connectivity index (χ1) is 6.77. The second kappa shape index (κ2) is 18.0. The average molecular weight is 329 g/mol. The van der Waals surface area contributed by atoms with Crippen LogP contribution in [0.25, 0.3) is 0 Å². The van der Waals surface area contributed by atoms with Crippen molar-refractivity contribution in [2.24, 2.45) is 0 Å². The summed E-state index contributed by atoms with van der Waals surface area (Å²) in [5.74, 6) is -0.659. The number of carboxylic acids is 1. The van der Waals surface area contributed by atoms with Gasteiger partial charge < -0.3 is 5.11 Å². The van der Waals surface area contributed by atoms with Crippen molar-refractivity contribution in [3.63, 3.8) is 0 Å². The van der Waals surface area contributed by atoms with E-state index in [1.807, 2.05) is 0 Å². The Kier molecular flexibility index (Phi) is 24.6. The first-order valence-corrected chi connectivity index (χ1v) is 5.99. The van der Waals surface area contributed by atoms with Crippen LogP contribution in [0.3, 0.4) is 0 Å². The second-order valence-corrected chi connectivity index (χ2v) is 3.97. The Morgan fingerprint density at radius 1 is 0.875 bits per heavy atom. The Labute approximate surface area is 123 Å². The van der Waals surface area contributed by atoms with Crippen LogP contribution in [0.5, 0.6) is 0 Å². The smallest absolute Gasteiger partial charge is 0.481 e. The monoisotopic (exact) mass is 327 g/mol. The quantitative estimate of drug-likeness (QED) is 0.486. The zero-order valence-electron chi connectivity index (χ0n) is 10.4. The van der Waals surface area contributed by atoms with E-state index in [2.05, 4.69) is 6.92 Å². The topological polar surface area (TPSA) is 37.3 Å². The van der Waals surface area contributed by atoms with Crippen molar-refractivity contribution in [3.8, 4) is 0 Å². The Morgan fingerprint density at radius 3 is 1.62 bits per heavy atom. The minimum absolute atomic E-state index is 0. The van der Waals surface area contributed by atoms with Crippen molar-refractivity contribution in [2.45, 2.75) is 71.1 Å². The predicted octanol–water partition coefficient (Wildman–Crippen LogP) is 3.99. The molecule has 0 fully saturated rings. The minimum atomic E-state index is -0.659. The van der Waals surface area contributed by atoms with E-state index in [0.717, 1.165) is 12.8 Å². The molecular formula is C12H24CuO2Zn+4. The van der Waals surface area contributed by atoms with Crippen LogP contribution >= 0.6 is 0 Å². The van der Waals surface area contributed by atoms with Crippen molar-refractivity contribution in [2.75, 3.05) is 0 Å². The molecule has 0 saturated heterocycles. The number of carboxylic acid groups (broad SMARTS) is 1. The van der Waals surface area contributed by atoms with Gasteiger partial charge in [0.1, 0.15) is 0 Å². The van der Waals surface area contributed by atoms with Crippen LogP contribution in [0.4, 0.5) is 0 Å². The summed E-state index contributed by atoms with van der Waals surface area (Å²) >= 11 is 0. The molecule has 0 aliphatic rings. The van der Waals surface area contributed by atoms with Gasteiger partial charge in [-0.2, -0.15) is 0 Å². The average Bonchev–Trinajstić information content (AvgIpc) is 2.15. The van der Waals surface area contributed by atoms with Crippen molar-refractivity contribution in [3.05, 3.63) is 0 Å². The molecule has 0 aromatic carbocycles. The Morgan fingerprint density at radius 2 is 1.25 bits per heavy atom. The third-order valence-electron chi connectivity index (χ3n) is 2.49. The third kappa shape index (κ3) is 20.1. The Balaban J connectivity index is -0.000000845. The van der Waals surface area contributed by atoms with E-state index < -0.39 is 5.97 Å². The van der Waals surface area contributed by atoms with E-state index in [-0.39, 0.29) is 36.5 Å². The van der Waals surface area contributed by atoms with Gasteiger partial charge in [-0.3, -0.25) is 4.79 Å². The number of carbonyl (C=O) groups is 1. The number of rotatable bonds is 10. The van der Waals surface area contributed by atoms with Gasteiger partial charge in [0, 0.05) is 6.42 Å². The zero-order chi connectivity index (χ0) is 10.6. The van der Waals surface area contributed by atoms with Gasteiger partial charge in [0.2, 0.25) is 0 Å². The molecule has 4 heteroatoms. The molecule has 0 heterocycles. The summed E-state index contributed by atoms with van der Waals surface area (Å²) in [7, 11) is 0. The molecule has 0 bridgehead atoms. The summed E-state index contributed by atoms with van der Waals surface area (Å²) in [4.78, 5) is 10.2. The van der Waals surface area contributed by atoms with E-state index in [9.17, 15) is 4.79 Å². The second-order valence-electron chi connectivity index (χ2n) is 3.97. The van der Waals surface area contributed by atoms with Gasteiger partial charge in [0.25, 0.3) is 0 Å². The largest absolute Gasteiger partial charge is 2.00 e. The van der Waals surface area contributed by atoms with E-state index in [4.69, 9.17) is 5.11 Å². The fourth-order valence-corrected chi connectivity index (χ4v) is 1.59. The molecule has 0 rings (SSSR count). The molecule has 0 aliphatic carbocycles. The first kappa shape index (κ1) is 21.9. The summed E-state index contributed by atoms with van der Waals surface area (Å²) in [6.45, 7) is 2.23. The molecule has 0 saturated carbocycles. The summed E-state index contributed by atoms with van der Waals surface area (Å²) in [5.41, 5.74) is 0. The minimum Gasteiger partial charge on any atom is -0.481 e. The molecule has 0 spiro atoms. The first-order valence-electron chi connectivity index (χ1n) is 5.99. The number of unbranched alkanes of at least 4 members (excludes halogenated alkanes) is 8. The normalized spacial score (nSPS) is 9.06. The van der Waals surface area contributed by atoms with Crippen LogP contribution in [0.15, 0.2) is 0 Å². The van der Waals surface area contributed by atoms with Gasteiger partial charge in [0.15, 0.2) is 0 Å². The van der Waals surface area contributed by atoms with Gasteiger partial charge >= 0.3 is 42.5 Å². The van der Waals surface area contributed by atoms with Gasteiger partial charge in [-0.25, -0.2) is 0 Å². The maximum Gasteiger partial charge on any atom is 2.00 e. The van der Waals surface area contributed by atoms with E-state index in [1.165, 1.54) is 44.9 Å². The molecule has 1 radical (unpaired) electrons. The molecule has 0 atom stereocenters. The van der Waals surface area contributed by atoms with Crippen molar-refractivity contribution in [1.29, 1.82) is 0 Å². The molecule has 0 aromatic rings. The molecule has 0 aliphatic heterocycles. The molecule has 93 valence electrons. The third-order valence-corrected chi connectivity index (χ3v) is 2.49. The van der Waals surface area contributed by atoms with Gasteiger partial charge in [-0.15, -0.1) is 0 Å². The van der Waals surface area contributed by atoms with Crippen molar-refractivity contribution < 1.29 is 46.4 Å². The maximum absolute atomic E-state index is 10.2. The van der Waals surface area contributed by atoms with E-state index in [0.29, 0.717) is 6.42 Å². The van der Waals surface area contributed by atoms with Crippen LogP contribution in [0, 0.1) is 0 Å². The van der Waals surface area contributed by atoms with E-state index >= 15 is 0 Å². The molecule has 0 unspecified atom stereocenters. The summed E-state index contributed by atoms with van der Waals surface area (Å²) in [6, 6.07) is 0. The van der Waals surface area contributed by atoms with Gasteiger partial charge in [0.05, 0.1) is 0 Å². The maximum atomic E-state index is 10.2.